The molecule has 0 aliphatic carbocycles. The summed E-state index contributed by atoms with van der Waals surface area (Å²) < 4.78 is 13.7. The lowest BCUT2D eigenvalue weighted by Crippen LogP contribution is -2.52. The maximum Gasteiger partial charge on any atom is 0.251 e. The first-order chi connectivity index (χ1) is 13.9. The number of amides is 1. The number of nitrogens with zero attached hydrogens (tertiary/aromatic N) is 3. The van der Waals surface area contributed by atoms with Crippen molar-refractivity contribution in [2.24, 2.45) is 5.73 Å². The Hall–Kier alpha value is -3.00. The second-order valence-corrected chi connectivity index (χ2v) is 7.72. The molecular formula is C21H25FN6O. The molecule has 3 heterocycles. The Kier molecular flexibility index (Phi) is 4.96. The van der Waals surface area contributed by atoms with Crippen LogP contribution in [0.5, 0.6) is 0 Å². The van der Waals surface area contributed by atoms with Crippen LogP contribution >= 0.6 is 0 Å². The van der Waals surface area contributed by atoms with Crippen molar-refractivity contribution in [2.75, 3.05) is 24.5 Å². The molecule has 0 radical (unpaired) electrons. The fourth-order valence-electron chi connectivity index (χ4n) is 3.95. The molecule has 3 aromatic rings. The lowest BCUT2D eigenvalue weighted by atomic mass is 9.99. The minimum Gasteiger partial charge on any atom is -0.354 e. The molecule has 29 heavy (non-hydrogen) atoms. The number of rotatable bonds is 5. The highest BCUT2D eigenvalue weighted by Crippen LogP contribution is 2.31. The summed E-state index contributed by atoms with van der Waals surface area (Å²) in [6.07, 6.45) is 5.12. The van der Waals surface area contributed by atoms with Gasteiger partial charge in [0.15, 0.2) is 0 Å². The first kappa shape index (κ1) is 19.3. The number of nitrogens with one attached hydrogen (secondary N) is 2. The van der Waals surface area contributed by atoms with Crippen LogP contribution in [0.3, 0.4) is 0 Å². The highest BCUT2D eigenvalue weighted by atomic mass is 19.1. The molecule has 1 amide bonds. The van der Waals surface area contributed by atoms with Gasteiger partial charge in [-0.3, -0.25) is 4.79 Å². The summed E-state index contributed by atoms with van der Waals surface area (Å²) in [6, 6.07) is 4.50. The first-order valence-corrected chi connectivity index (χ1v) is 9.80. The van der Waals surface area contributed by atoms with E-state index < -0.39 is 11.4 Å². The maximum atomic E-state index is 13.7. The van der Waals surface area contributed by atoms with E-state index >= 15 is 0 Å². The largest absolute Gasteiger partial charge is 0.354 e. The molecule has 1 saturated heterocycles. The van der Waals surface area contributed by atoms with Gasteiger partial charge in [-0.15, -0.1) is 0 Å². The van der Waals surface area contributed by atoms with Crippen molar-refractivity contribution in [3.8, 4) is 0 Å². The van der Waals surface area contributed by atoms with Crippen LogP contribution in [0.4, 0.5) is 10.2 Å². The zero-order valence-corrected chi connectivity index (χ0v) is 16.6. The van der Waals surface area contributed by atoms with Crippen LogP contribution in [0, 0.1) is 12.7 Å². The van der Waals surface area contributed by atoms with Crippen LogP contribution < -0.4 is 16.0 Å². The van der Waals surface area contributed by atoms with Gasteiger partial charge in [-0.05, 0) is 43.0 Å². The van der Waals surface area contributed by atoms with Crippen molar-refractivity contribution in [3.05, 3.63) is 53.2 Å². The molecule has 1 fully saturated rings. The normalized spacial score (nSPS) is 19.1. The Bertz CT molecular complexity index is 1060. The number of carbonyl (C=O) groups excluding carboxylic acids is 1. The van der Waals surface area contributed by atoms with E-state index in [4.69, 9.17) is 5.73 Å². The highest BCUT2D eigenvalue weighted by molar-refractivity contribution is 5.95. The molecule has 1 aromatic carbocycles. The van der Waals surface area contributed by atoms with Crippen molar-refractivity contribution in [2.45, 2.75) is 32.2 Å². The van der Waals surface area contributed by atoms with Crippen molar-refractivity contribution in [1.82, 2.24) is 20.3 Å². The molecule has 4 N–H and O–H groups in total. The number of nitrogens with two attached hydrogens (primary N) is 1. The third kappa shape index (κ3) is 3.55. The molecule has 152 valence electrons. The fraction of sp³-hybridized carbons (Fsp3) is 0.381. The van der Waals surface area contributed by atoms with Gasteiger partial charge in [-0.2, -0.15) is 0 Å². The van der Waals surface area contributed by atoms with Gasteiger partial charge in [0.2, 0.25) is 0 Å². The number of benzene rings is 1. The predicted octanol–water partition coefficient (Wildman–Crippen LogP) is 2.31. The summed E-state index contributed by atoms with van der Waals surface area (Å²) in [5, 5.41) is 3.91. The van der Waals surface area contributed by atoms with Crippen molar-refractivity contribution in [1.29, 1.82) is 0 Å². The molecule has 0 saturated carbocycles. The quantitative estimate of drug-likeness (QED) is 0.615. The summed E-state index contributed by atoms with van der Waals surface area (Å²) >= 11 is 0. The van der Waals surface area contributed by atoms with E-state index in [9.17, 15) is 9.18 Å². The number of carbonyl (C=O) groups is 1. The number of aryl methyl sites for hydroxylation is 1. The summed E-state index contributed by atoms with van der Waals surface area (Å²) in [5.41, 5.74) is 8.66. The second kappa shape index (κ2) is 7.44. The molecule has 1 aliphatic rings. The van der Waals surface area contributed by atoms with Crippen molar-refractivity contribution >= 4 is 22.8 Å². The Labute approximate surface area is 168 Å². The number of anilines is 1. The Morgan fingerprint density at radius 1 is 1.41 bits per heavy atom. The number of fused-ring (bicyclic) bond motifs is 1. The molecule has 0 bridgehead atoms. The van der Waals surface area contributed by atoms with Gasteiger partial charge in [0.1, 0.15) is 23.6 Å². The first-order valence-electron chi connectivity index (χ1n) is 9.80. The predicted molar refractivity (Wildman–Crippen MR) is 110 cm³/mol. The SMILES string of the molecule is CCc1c[nH]c2ncnc(N3CC[C@](N)(CNC(=O)c4cccc(F)c4C)C3)c12. The van der Waals surface area contributed by atoms with Gasteiger partial charge < -0.3 is 20.9 Å². The van der Waals surface area contributed by atoms with Crippen LogP contribution in [-0.4, -0.2) is 46.0 Å². The highest BCUT2D eigenvalue weighted by Gasteiger charge is 2.36. The van der Waals surface area contributed by atoms with Crippen LogP contribution in [0.2, 0.25) is 0 Å². The van der Waals surface area contributed by atoms with E-state index in [1.807, 2.05) is 6.20 Å². The van der Waals surface area contributed by atoms with E-state index in [1.165, 1.54) is 17.7 Å². The molecule has 7 nitrogen and oxygen atoms in total. The van der Waals surface area contributed by atoms with E-state index in [0.717, 1.165) is 29.8 Å². The minimum atomic E-state index is -0.586. The van der Waals surface area contributed by atoms with Gasteiger partial charge >= 0.3 is 0 Å². The number of H-pyrrole nitrogens is 1. The number of halogens is 1. The van der Waals surface area contributed by atoms with Crippen LogP contribution in [0.15, 0.2) is 30.7 Å². The van der Waals surface area contributed by atoms with Crippen LogP contribution in [0.1, 0.15) is 34.8 Å². The zero-order valence-electron chi connectivity index (χ0n) is 16.6. The summed E-state index contributed by atoms with van der Waals surface area (Å²) in [5.74, 6) is 0.166. The molecule has 0 spiro atoms. The van der Waals surface area contributed by atoms with Crippen LogP contribution in [0.25, 0.3) is 11.0 Å². The summed E-state index contributed by atoms with van der Waals surface area (Å²) in [4.78, 5) is 26.7. The van der Waals surface area contributed by atoms with E-state index in [1.54, 1.807) is 19.3 Å². The van der Waals surface area contributed by atoms with Gasteiger partial charge in [0.25, 0.3) is 5.91 Å². The Morgan fingerprint density at radius 2 is 2.24 bits per heavy atom. The third-order valence-electron chi connectivity index (χ3n) is 5.71. The molecule has 1 aliphatic heterocycles. The molecule has 8 heteroatoms. The average Bonchev–Trinajstić information content (AvgIpc) is 3.32. The monoisotopic (exact) mass is 396 g/mol. The van der Waals surface area contributed by atoms with Crippen molar-refractivity contribution in [3.63, 3.8) is 0 Å². The molecule has 1 atom stereocenters. The Balaban J connectivity index is 1.49. The lowest BCUT2D eigenvalue weighted by molar-refractivity contribution is 0.0944. The third-order valence-corrected chi connectivity index (χ3v) is 5.71. The van der Waals surface area contributed by atoms with E-state index in [0.29, 0.717) is 30.6 Å². The average molecular weight is 396 g/mol. The Morgan fingerprint density at radius 3 is 3.03 bits per heavy atom. The standard InChI is InChI=1S/C21H25FN6O/c1-3-14-9-24-18-17(14)19(27-12-26-18)28-8-7-21(23,11-28)10-25-20(29)15-5-4-6-16(22)13(15)2/h4-6,9,12H,3,7-8,10-11,23H2,1-2H3,(H,25,29)(H,24,26,27)/t21-/m0/s1. The maximum absolute atomic E-state index is 13.7. The second-order valence-electron chi connectivity index (χ2n) is 7.72. The van der Waals surface area contributed by atoms with E-state index in [2.05, 4.69) is 32.1 Å². The van der Waals surface area contributed by atoms with Gasteiger partial charge in [-0.1, -0.05) is 13.0 Å². The summed E-state index contributed by atoms with van der Waals surface area (Å²) in [7, 11) is 0. The number of hydrogen-bond acceptors (Lipinski definition) is 5. The molecule has 0 unspecified atom stereocenters. The van der Waals surface area contributed by atoms with Gasteiger partial charge in [0.05, 0.1) is 10.9 Å². The van der Waals surface area contributed by atoms with Gasteiger partial charge in [-0.25, -0.2) is 14.4 Å². The molecular weight excluding hydrogens is 371 g/mol. The number of hydrogen-bond donors (Lipinski definition) is 3. The van der Waals surface area contributed by atoms with Gasteiger partial charge in [0, 0.05) is 31.4 Å². The molecule has 4 rings (SSSR count). The topological polar surface area (TPSA) is 99.9 Å². The summed E-state index contributed by atoms with van der Waals surface area (Å²) in [6.45, 7) is 5.31. The lowest BCUT2D eigenvalue weighted by Gasteiger charge is -2.26. The van der Waals surface area contributed by atoms with E-state index in [-0.39, 0.29) is 5.91 Å². The van der Waals surface area contributed by atoms with Crippen LogP contribution in [-0.2, 0) is 6.42 Å². The van der Waals surface area contributed by atoms with Crippen molar-refractivity contribution < 1.29 is 9.18 Å². The zero-order chi connectivity index (χ0) is 20.6. The minimum absolute atomic E-state index is 0.306. The number of aromatic nitrogens is 3. The smallest absolute Gasteiger partial charge is 0.251 e. The molecule has 2 aromatic heterocycles. The fourth-order valence-corrected chi connectivity index (χ4v) is 3.95. The number of aromatic amines is 1.